The van der Waals surface area contributed by atoms with Gasteiger partial charge in [-0.3, -0.25) is 4.90 Å². The first-order valence-electron chi connectivity index (χ1n) is 9.22. The first-order chi connectivity index (χ1) is 13.4. The molecular formula is C22H20N4O. The van der Waals surface area contributed by atoms with Crippen molar-refractivity contribution in [1.29, 1.82) is 0 Å². The number of hydrogen-bond acceptors (Lipinski definition) is 4. The number of hydrogen-bond donors (Lipinski definition) is 1. The Balaban J connectivity index is 1.29. The van der Waals surface area contributed by atoms with Crippen LogP contribution >= 0.6 is 0 Å². The summed E-state index contributed by atoms with van der Waals surface area (Å²) in [5.41, 5.74) is 5.46. The smallest absolute Gasteiger partial charge is 0.163 e. The van der Waals surface area contributed by atoms with Gasteiger partial charge in [-0.2, -0.15) is 0 Å². The minimum Gasteiger partial charge on any atom is -0.356 e. The monoisotopic (exact) mass is 356 g/mol. The lowest BCUT2D eigenvalue weighted by atomic mass is 10.0. The van der Waals surface area contributed by atoms with Crippen molar-refractivity contribution in [2.45, 2.75) is 13.0 Å². The van der Waals surface area contributed by atoms with Gasteiger partial charge in [-0.25, -0.2) is 4.98 Å². The zero-order valence-electron chi connectivity index (χ0n) is 14.9. The number of nitrogens with zero attached hydrogens (tertiary/aromatic N) is 3. The van der Waals surface area contributed by atoms with Crippen molar-refractivity contribution in [3.63, 3.8) is 0 Å². The Bertz CT molecular complexity index is 1090. The molecule has 0 aliphatic carbocycles. The highest BCUT2D eigenvalue weighted by molar-refractivity contribution is 5.79. The lowest BCUT2D eigenvalue weighted by Crippen LogP contribution is -2.27. The minimum absolute atomic E-state index is 0.879. The summed E-state index contributed by atoms with van der Waals surface area (Å²) in [5.74, 6) is 0.879. The van der Waals surface area contributed by atoms with Gasteiger partial charge in [0, 0.05) is 49.0 Å². The Kier molecular flexibility index (Phi) is 4.07. The van der Waals surface area contributed by atoms with Gasteiger partial charge in [0.1, 0.15) is 11.3 Å². The zero-order chi connectivity index (χ0) is 18.1. The van der Waals surface area contributed by atoms with E-state index in [1.54, 1.807) is 0 Å². The van der Waals surface area contributed by atoms with Crippen LogP contribution in [0.1, 0.15) is 17.7 Å². The summed E-state index contributed by atoms with van der Waals surface area (Å²) in [6, 6.07) is 16.3. The molecule has 27 heavy (non-hydrogen) atoms. The highest BCUT2D eigenvalue weighted by Crippen LogP contribution is 2.28. The van der Waals surface area contributed by atoms with Gasteiger partial charge in [0.05, 0.1) is 0 Å². The van der Waals surface area contributed by atoms with E-state index in [-0.39, 0.29) is 0 Å². The third-order valence-corrected chi connectivity index (χ3v) is 5.12. The number of aromatic amines is 1. The molecule has 1 aromatic carbocycles. The standard InChI is InChI=1S/C22H20N4O/c1-2-5-16(6-3-1)20-13-21(27-25-20)17-8-11-26(12-9-17)15-18-14-24-22-19(18)7-4-10-23-22/h1-8,10,13-14H,9,11-12,15H2,(H,23,24). The van der Waals surface area contributed by atoms with Gasteiger partial charge in [-0.1, -0.05) is 41.6 Å². The van der Waals surface area contributed by atoms with E-state index in [4.69, 9.17) is 4.52 Å². The molecule has 1 aliphatic rings. The summed E-state index contributed by atoms with van der Waals surface area (Å²) in [6.45, 7) is 2.82. The second kappa shape index (κ2) is 6.85. The van der Waals surface area contributed by atoms with Gasteiger partial charge in [-0.15, -0.1) is 0 Å². The molecule has 5 heteroatoms. The van der Waals surface area contributed by atoms with Crippen LogP contribution in [-0.2, 0) is 6.54 Å². The van der Waals surface area contributed by atoms with Crippen LogP contribution in [-0.4, -0.2) is 33.1 Å². The Labute approximate surface area is 157 Å². The molecule has 134 valence electrons. The fraction of sp³-hybridized carbons (Fsp3) is 0.182. The van der Waals surface area contributed by atoms with Gasteiger partial charge in [0.25, 0.3) is 0 Å². The highest BCUT2D eigenvalue weighted by Gasteiger charge is 2.18. The van der Waals surface area contributed by atoms with Crippen LogP contribution in [0.25, 0.3) is 27.9 Å². The number of pyridine rings is 1. The molecule has 0 saturated carbocycles. The maximum Gasteiger partial charge on any atom is 0.163 e. The number of rotatable bonds is 4. The molecule has 1 aliphatic heterocycles. The van der Waals surface area contributed by atoms with E-state index in [2.05, 4.69) is 50.5 Å². The van der Waals surface area contributed by atoms with Crippen LogP contribution in [0.2, 0.25) is 0 Å². The average molecular weight is 356 g/mol. The number of fused-ring (bicyclic) bond motifs is 1. The van der Waals surface area contributed by atoms with Gasteiger partial charge in [0.2, 0.25) is 0 Å². The normalized spacial score (nSPS) is 15.2. The molecule has 0 spiro atoms. The SMILES string of the molecule is C1=C(c2cc(-c3ccccc3)no2)CCN(Cc2c[nH]c3ncccc23)C1. The van der Waals surface area contributed by atoms with E-state index >= 15 is 0 Å². The first-order valence-corrected chi connectivity index (χ1v) is 9.22. The van der Waals surface area contributed by atoms with Crippen LogP contribution in [0.15, 0.2) is 71.5 Å². The van der Waals surface area contributed by atoms with Gasteiger partial charge in [0.15, 0.2) is 5.76 Å². The number of benzene rings is 1. The molecule has 0 amide bonds. The van der Waals surface area contributed by atoms with Crippen LogP contribution in [0.5, 0.6) is 0 Å². The number of aromatic nitrogens is 3. The van der Waals surface area contributed by atoms with Crippen LogP contribution in [0.4, 0.5) is 0 Å². The molecule has 0 bridgehead atoms. The quantitative estimate of drug-likeness (QED) is 0.585. The van der Waals surface area contributed by atoms with E-state index < -0.39 is 0 Å². The fourth-order valence-electron chi connectivity index (χ4n) is 3.63. The molecule has 0 fully saturated rings. The molecule has 3 aromatic heterocycles. The lowest BCUT2D eigenvalue weighted by molar-refractivity contribution is 0.292. The van der Waals surface area contributed by atoms with Crippen molar-refractivity contribution in [2.24, 2.45) is 0 Å². The summed E-state index contributed by atoms with van der Waals surface area (Å²) in [5, 5.41) is 5.44. The molecule has 5 nitrogen and oxygen atoms in total. The molecule has 5 rings (SSSR count). The molecule has 1 N–H and O–H groups in total. The topological polar surface area (TPSA) is 58.0 Å². The maximum atomic E-state index is 5.61. The maximum absolute atomic E-state index is 5.61. The Morgan fingerprint density at radius 1 is 1.11 bits per heavy atom. The highest BCUT2D eigenvalue weighted by atomic mass is 16.5. The first kappa shape index (κ1) is 16.0. The Hall–Kier alpha value is -3.18. The van der Waals surface area contributed by atoms with E-state index in [0.717, 1.165) is 48.7 Å². The molecule has 4 heterocycles. The summed E-state index contributed by atoms with van der Waals surface area (Å²) in [7, 11) is 0. The van der Waals surface area contributed by atoms with Crippen molar-refractivity contribution in [1.82, 2.24) is 20.0 Å². The molecule has 0 unspecified atom stereocenters. The predicted octanol–water partition coefficient (Wildman–Crippen LogP) is 4.51. The summed E-state index contributed by atoms with van der Waals surface area (Å²) < 4.78 is 5.61. The van der Waals surface area contributed by atoms with Crippen molar-refractivity contribution >= 4 is 16.6 Å². The summed E-state index contributed by atoms with van der Waals surface area (Å²) in [4.78, 5) is 10.1. The predicted molar refractivity (Wildman–Crippen MR) is 106 cm³/mol. The van der Waals surface area contributed by atoms with Gasteiger partial charge in [-0.05, 0) is 29.7 Å². The second-order valence-corrected chi connectivity index (χ2v) is 6.87. The molecule has 0 saturated heterocycles. The number of H-pyrrole nitrogens is 1. The van der Waals surface area contributed by atoms with E-state index in [0.29, 0.717) is 0 Å². The molecule has 0 radical (unpaired) electrons. The average Bonchev–Trinajstić information content (AvgIpc) is 3.37. The lowest BCUT2D eigenvalue weighted by Gasteiger charge is -2.25. The van der Waals surface area contributed by atoms with Crippen molar-refractivity contribution < 1.29 is 4.52 Å². The van der Waals surface area contributed by atoms with Crippen molar-refractivity contribution in [2.75, 3.05) is 13.1 Å². The number of nitrogens with one attached hydrogen (secondary N) is 1. The van der Waals surface area contributed by atoms with Gasteiger partial charge < -0.3 is 9.51 Å². The Morgan fingerprint density at radius 2 is 2.04 bits per heavy atom. The van der Waals surface area contributed by atoms with E-state index in [1.165, 1.54) is 16.5 Å². The summed E-state index contributed by atoms with van der Waals surface area (Å²) >= 11 is 0. The summed E-state index contributed by atoms with van der Waals surface area (Å²) in [6.07, 6.45) is 7.11. The van der Waals surface area contributed by atoms with Crippen molar-refractivity contribution in [3.8, 4) is 11.3 Å². The van der Waals surface area contributed by atoms with E-state index in [9.17, 15) is 0 Å². The molecule has 4 aromatic rings. The molecule has 0 atom stereocenters. The third-order valence-electron chi connectivity index (χ3n) is 5.12. The van der Waals surface area contributed by atoms with Crippen LogP contribution < -0.4 is 0 Å². The second-order valence-electron chi connectivity index (χ2n) is 6.87. The molecular weight excluding hydrogens is 336 g/mol. The Morgan fingerprint density at radius 3 is 2.89 bits per heavy atom. The zero-order valence-corrected chi connectivity index (χ0v) is 14.9. The largest absolute Gasteiger partial charge is 0.356 e. The van der Waals surface area contributed by atoms with Crippen molar-refractivity contribution in [3.05, 3.63) is 78.3 Å². The third kappa shape index (κ3) is 3.17. The minimum atomic E-state index is 0.879. The fourth-order valence-corrected chi connectivity index (χ4v) is 3.63. The van der Waals surface area contributed by atoms with E-state index in [1.807, 2.05) is 36.5 Å². The van der Waals surface area contributed by atoms with Crippen LogP contribution in [0, 0.1) is 0 Å². The van der Waals surface area contributed by atoms with Gasteiger partial charge >= 0.3 is 0 Å². The van der Waals surface area contributed by atoms with Crippen LogP contribution in [0.3, 0.4) is 0 Å².